The molecule has 2 fully saturated rings. The number of hydrogen-bond acceptors (Lipinski definition) is 2. The standard InChI is InChI=1S/C6H10ClNO/c7-8-3-5-1-2-6(4-8)9-5/h5-6H,1-4H2. The fourth-order valence-corrected chi connectivity index (χ4v) is 1.87. The Labute approximate surface area is 59.8 Å². The highest BCUT2D eigenvalue weighted by Gasteiger charge is 2.32. The van der Waals surface area contributed by atoms with Crippen molar-refractivity contribution in [3.05, 3.63) is 0 Å². The van der Waals surface area contributed by atoms with Crippen LogP contribution >= 0.6 is 11.8 Å². The van der Waals surface area contributed by atoms with Gasteiger partial charge in [-0.25, -0.2) is 4.42 Å². The Morgan fingerprint density at radius 2 is 1.78 bits per heavy atom. The van der Waals surface area contributed by atoms with Crippen LogP contribution in [0, 0.1) is 0 Å². The molecule has 2 rings (SSSR count). The Kier molecular flexibility index (Phi) is 1.40. The summed E-state index contributed by atoms with van der Waals surface area (Å²) in [5, 5.41) is 0. The first-order valence-corrected chi connectivity index (χ1v) is 3.74. The van der Waals surface area contributed by atoms with Crippen molar-refractivity contribution >= 4 is 11.8 Å². The van der Waals surface area contributed by atoms with Gasteiger partial charge in [-0.2, -0.15) is 0 Å². The zero-order chi connectivity index (χ0) is 6.27. The van der Waals surface area contributed by atoms with Gasteiger partial charge in [0.1, 0.15) is 0 Å². The predicted molar refractivity (Wildman–Crippen MR) is 35.3 cm³/mol. The Bertz CT molecular complexity index is 108. The van der Waals surface area contributed by atoms with Gasteiger partial charge in [0.25, 0.3) is 0 Å². The minimum atomic E-state index is 0.432. The minimum Gasteiger partial charge on any atom is -0.372 e. The van der Waals surface area contributed by atoms with E-state index in [0.717, 1.165) is 13.1 Å². The second-order valence-electron chi connectivity index (χ2n) is 2.79. The summed E-state index contributed by atoms with van der Waals surface area (Å²) in [5.41, 5.74) is 0. The summed E-state index contributed by atoms with van der Waals surface area (Å²) in [7, 11) is 0. The highest BCUT2D eigenvalue weighted by Crippen LogP contribution is 2.26. The first-order valence-electron chi connectivity index (χ1n) is 3.41. The van der Waals surface area contributed by atoms with E-state index < -0.39 is 0 Å². The summed E-state index contributed by atoms with van der Waals surface area (Å²) < 4.78 is 7.38. The fourth-order valence-electron chi connectivity index (χ4n) is 1.57. The normalized spacial score (nSPS) is 43.7. The lowest BCUT2D eigenvalue weighted by atomic mass is 10.2. The maximum Gasteiger partial charge on any atom is 0.0720 e. The average Bonchev–Trinajstić information content (AvgIpc) is 2.11. The number of morpholine rings is 1. The first-order chi connectivity index (χ1) is 4.34. The van der Waals surface area contributed by atoms with Crippen LogP contribution in [0.5, 0.6) is 0 Å². The van der Waals surface area contributed by atoms with Gasteiger partial charge in [0.05, 0.1) is 12.2 Å². The summed E-state index contributed by atoms with van der Waals surface area (Å²) >= 11 is 5.80. The van der Waals surface area contributed by atoms with Crippen LogP contribution in [0.15, 0.2) is 0 Å². The molecule has 2 atom stereocenters. The van der Waals surface area contributed by atoms with Gasteiger partial charge in [-0.05, 0) is 24.6 Å². The highest BCUT2D eigenvalue weighted by molar-refractivity contribution is 6.13. The van der Waals surface area contributed by atoms with Gasteiger partial charge in [-0.1, -0.05) is 0 Å². The molecule has 2 unspecified atom stereocenters. The van der Waals surface area contributed by atoms with Gasteiger partial charge >= 0.3 is 0 Å². The Morgan fingerprint density at radius 1 is 1.22 bits per heavy atom. The lowest BCUT2D eigenvalue weighted by Gasteiger charge is -2.26. The van der Waals surface area contributed by atoms with E-state index in [2.05, 4.69) is 0 Å². The van der Waals surface area contributed by atoms with Crippen molar-refractivity contribution in [2.24, 2.45) is 0 Å². The van der Waals surface area contributed by atoms with E-state index in [1.54, 1.807) is 0 Å². The second kappa shape index (κ2) is 2.11. The molecule has 0 saturated carbocycles. The molecule has 2 heterocycles. The molecular weight excluding hydrogens is 138 g/mol. The highest BCUT2D eigenvalue weighted by atomic mass is 35.5. The van der Waals surface area contributed by atoms with E-state index in [9.17, 15) is 0 Å². The zero-order valence-corrected chi connectivity index (χ0v) is 5.97. The average molecular weight is 148 g/mol. The smallest absolute Gasteiger partial charge is 0.0720 e. The molecule has 2 nitrogen and oxygen atoms in total. The van der Waals surface area contributed by atoms with E-state index in [1.807, 2.05) is 4.42 Å². The topological polar surface area (TPSA) is 12.5 Å². The summed E-state index contributed by atoms with van der Waals surface area (Å²) in [4.78, 5) is 0. The Hall–Kier alpha value is 0.210. The molecule has 0 N–H and O–H groups in total. The molecule has 52 valence electrons. The van der Waals surface area contributed by atoms with Crippen LogP contribution in [0.1, 0.15) is 12.8 Å². The number of rotatable bonds is 0. The lowest BCUT2D eigenvalue weighted by molar-refractivity contribution is -0.0109. The molecule has 2 aliphatic heterocycles. The third-order valence-electron chi connectivity index (χ3n) is 2.00. The Morgan fingerprint density at radius 3 is 2.33 bits per heavy atom. The largest absolute Gasteiger partial charge is 0.372 e. The maximum absolute atomic E-state index is 5.80. The number of fused-ring (bicyclic) bond motifs is 2. The molecule has 2 aliphatic rings. The minimum absolute atomic E-state index is 0.432. The molecule has 0 aromatic heterocycles. The van der Waals surface area contributed by atoms with E-state index in [0.29, 0.717) is 12.2 Å². The van der Waals surface area contributed by atoms with Crippen LogP contribution in [0.25, 0.3) is 0 Å². The number of nitrogens with zero attached hydrogens (tertiary/aromatic N) is 1. The van der Waals surface area contributed by atoms with E-state index in [-0.39, 0.29) is 0 Å². The molecule has 2 saturated heterocycles. The molecule has 0 spiro atoms. The number of halogens is 1. The first kappa shape index (κ1) is 5.96. The summed E-state index contributed by atoms with van der Waals surface area (Å²) in [5.74, 6) is 0. The van der Waals surface area contributed by atoms with Gasteiger partial charge in [-0.3, -0.25) is 0 Å². The second-order valence-corrected chi connectivity index (χ2v) is 3.26. The predicted octanol–water partition coefficient (Wildman–Crippen LogP) is 1.00. The molecule has 0 amide bonds. The molecule has 0 aromatic carbocycles. The monoisotopic (exact) mass is 147 g/mol. The molecule has 0 radical (unpaired) electrons. The lowest BCUT2D eigenvalue weighted by Crippen LogP contribution is -2.36. The van der Waals surface area contributed by atoms with Crippen molar-refractivity contribution in [3.8, 4) is 0 Å². The van der Waals surface area contributed by atoms with E-state index in [1.165, 1.54) is 12.8 Å². The van der Waals surface area contributed by atoms with Crippen LogP contribution < -0.4 is 0 Å². The van der Waals surface area contributed by atoms with Gasteiger partial charge in [0, 0.05) is 13.1 Å². The van der Waals surface area contributed by atoms with E-state index >= 15 is 0 Å². The molecule has 0 aliphatic carbocycles. The summed E-state index contributed by atoms with van der Waals surface area (Å²) in [6.07, 6.45) is 3.27. The van der Waals surface area contributed by atoms with Crippen molar-refractivity contribution in [2.45, 2.75) is 25.0 Å². The van der Waals surface area contributed by atoms with Crippen molar-refractivity contribution < 1.29 is 4.74 Å². The van der Waals surface area contributed by atoms with Crippen molar-refractivity contribution in [2.75, 3.05) is 13.1 Å². The molecular formula is C6H10ClNO. The molecule has 3 heteroatoms. The summed E-state index contributed by atoms with van der Waals surface area (Å²) in [6.45, 7) is 1.83. The van der Waals surface area contributed by atoms with Crippen LogP contribution in [-0.2, 0) is 4.74 Å². The summed E-state index contributed by atoms with van der Waals surface area (Å²) in [6, 6.07) is 0. The van der Waals surface area contributed by atoms with Gasteiger partial charge in [0.2, 0.25) is 0 Å². The van der Waals surface area contributed by atoms with Crippen molar-refractivity contribution in [3.63, 3.8) is 0 Å². The fraction of sp³-hybridized carbons (Fsp3) is 1.00. The van der Waals surface area contributed by atoms with Crippen molar-refractivity contribution in [1.82, 2.24) is 4.42 Å². The van der Waals surface area contributed by atoms with Gasteiger partial charge < -0.3 is 4.74 Å². The zero-order valence-electron chi connectivity index (χ0n) is 5.22. The third kappa shape index (κ3) is 1.07. The molecule has 2 bridgehead atoms. The quantitative estimate of drug-likeness (QED) is 0.474. The molecule has 9 heavy (non-hydrogen) atoms. The van der Waals surface area contributed by atoms with Crippen LogP contribution in [0.4, 0.5) is 0 Å². The molecule has 0 aromatic rings. The van der Waals surface area contributed by atoms with Crippen LogP contribution in [0.2, 0.25) is 0 Å². The number of hydrogen-bond donors (Lipinski definition) is 0. The van der Waals surface area contributed by atoms with Gasteiger partial charge in [0.15, 0.2) is 0 Å². The van der Waals surface area contributed by atoms with E-state index in [4.69, 9.17) is 16.5 Å². The maximum atomic E-state index is 5.80. The van der Waals surface area contributed by atoms with Crippen LogP contribution in [0.3, 0.4) is 0 Å². The third-order valence-corrected chi connectivity index (χ3v) is 2.28. The van der Waals surface area contributed by atoms with Crippen LogP contribution in [-0.4, -0.2) is 29.7 Å². The van der Waals surface area contributed by atoms with Gasteiger partial charge in [-0.15, -0.1) is 0 Å². The Balaban J connectivity index is 2.03. The van der Waals surface area contributed by atoms with Crippen molar-refractivity contribution in [1.29, 1.82) is 0 Å². The SMILES string of the molecule is ClN1CC2CCC(C1)O2. The number of ether oxygens (including phenoxy) is 1.